The van der Waals surface area contributed by atoms with Gasteiger partial charge in [-0.2, -0.15) is 0 Å². The number of carbonyl (C=O) groups is 2. The van der Waals surface area contributed by atoms with Crippen molar-refractivity contribution in [3.05, 3.63) is 40.9 Å². The van der Waals surface area contributed by atoms with E-state index in [0.717, 1.165) is 27.0 Å². The average Bonchev–Trinajstić information content (AvgIpc) is 2.94. The summed E-state index contributed by atoms with van der Waals surface area (Å²) in [6, 6.07) is 7.27. The molecule has 2 aromatic rings. The van der Waals surface area contributed by atoms with Gasteiger partial charge >= 0.3 is 0 Å². The van der Waals surface area contributed by atoms with Gasteiger partial charge in [0.05, 0.1) is 24.6 Å². The first kappa shape index (κ1) is 16.0. The molecule has 120 valence electrons. The monoisotopic (exact) mass is 347 g/mol. The molecule has 2 N–H and O–H groups in total. The molecule has 1 aromatic heterocycles. The lowest BCUT2D eigenvalue weighted by molar-refractivity contribution is -0.122. The number of thiazole rings is 1. The summed E-state index contributed by atoms with van der Waals surface area (Å²) in [4.78, 5) is 28.5. The van der Waals surface area contributed by atoms with Gasteiger partial charge in [0.1, 0.15) is 4.34 Å². The summed E-state index contributed by atoms with van der Waals surface area (Å²) in [5.41, 5.74) is 2.49. The molecular formula is C16H17N3O2S2. The predicted octanol–water partition coefficient (Wildman–Crippen LogP) is 3.00. The van der Waals surface area contributed by atoms with Crippen LogP contribution in [0.1, 0.15) is 30.6 Å². The molecule has 1 aliphatic heterocycles. The standard InChI is InChI=1S/C16H17N3O2S2/c1-2-22-16-17-10(9-23-16)7-14(20)19-13-8-15(21)18-12-6-4-3-5-11(12)13/h3-6,9,13H,2,7-8H2,1H3,(H,18,21)(H,19,20)/t13-/m0/s1. The Labute approximate surface area is 142 Å². The van der Waals surface area contributed by atoms with Crippen LogP contribution < -0.4 is 10.6 Å². The van der Waals surface area contributed by atoms with E-state index in [-0.39, 0.29) is 30.7 Å². The Morgan fingerprint density at radius 3 is 3.13 bits per heavy atom. The molecule has 2 amide bonds. The molecule has 0 spiro atoms. The van der Waals surface area contributed by atoms with Crippen LogP contribution in [0.3, 0.4) is 0 Å². The molecular weight excluding hydrogens is 330 g/mol. The van der Waals surface area contributed by atoms with Crippen LogP contribution in [-0.4, -0.2) is 22.6 Å². The Bertz CT molecular complexity index is 730. The number of para-hydroxylation sites is 1. The Morgan fingerprint density at radius 1 is 1.48 bits per heavy atom. The fourth-order valence-electron chi connectivity index (χ4n) is 2.51. The maximum absolute atomic E-state index is 12.3. The third-order valence-electron chi connectivity index (χ3n) is 3.48. The first-order valence-electron chi connectivity index (χ1n) is 7.41. The van der Waals surface area contributed by atoms with Crippen LogP contribution in [0.4, 0.5) is 5.69 Å². The molecule has 7 heteroatoms. The predicted molar refractivity (Wildman–Crippen MR) is 92.8 cm³/mol. The molecule has 0 saturated heterocycles. The highest BCUT2D eigenvalue weighted by molar-refractivity contribution is 8.00. The van der Waals surface area contributed by atoms with E-state index in [0.29, 0.717) is 0 Å². The topological polar surface area (TPSA) is 71.1 Å². The molecule has 0 bridgehead atoms. The number of hydrogen-bond donors (Lipinski definition) is 2. The number of nitrogens with zero attached hydrogens (tertiary/aromatic N) is 1. The zero-order chi connectivity index (χ0) is 16.2. The van der Waals surface area contributed by atoms with Crippen molar-refractivity contribution in [1.29, 1.82) is 0 Å². The van der Waals surface area contributed by atoms with Gasteiger partial charge in [0.15, 0.2) is 0 Å². The van der Waals surface area contributed by atoms with Crippen molar-refractivity contribution < 1.29 is 9.59 Å². The minimum Gasteiger partial charge on any atom is -0.348 e. The number of hydrogen-bond acceptors (Lipinski definition) is 5. The fourth-order valence-corrected chi connectivity index (χ4v) is 4.25. The number of benzene rings is 1. The van der Waals surface area contributed by atoms with E-state index in [9.17, 15) is 9.59 Å². The molecule has 1 atom stereocenters. The zero-order valence-corrected chi connectivity index (χ0v) is 14.3. The van der Waals surface area contributed by atoms with Crippen LogP contribution >= 0.6 is 23.1 Å². The summed E-state index contributed by atoms with van der Waals surface area (Å²) in [5.74, 6) is 0.773. The minimum absolute atomic E-state index is 0.0794. The number of amides is 2. The summed E-state index contributed by atoms with van der Waals surface area (Å²) >= 11 is 3.23. The van der Waals surface area contributed by atoms with E-state index in [4.69, 9.17) is 0 Å². The van der Waals surface area contributed by atoms with E-state index >= 15 is 0 Å². The molecule has 5 nitrogen and oxygen atoms in total. The van der Waals surface area contributed by atoms with Crippen LogP contribution in [0.25, 0.3) is 0 Å². The van der Waals surface area contributed by atoms with Crippen molar-refractivity contribution in [2.75, 3.05) is 11.1 Å². The number of nitrogens with one attached hydrogen (secondary N) is 2. The number of anilines is 1. The second-order valence-electron chi connectivity index (χ2n) is 5.17. The van der Waals surface area contributed by atoms with Crippen molar-refractivity contribution in [3.8, 4) is 0 Å². The van der Waals surface area contributed by atoms with Gasteiger partial charge in [0, 0.05) is 11.1 Å². The van der Waals surface area contributed by atoms with Crippen LogP contribution in [0, 0.1) is 0 Å². The van der Waals surface area contributed by atoms with Crippen molar-refractivity contribution >= 4 is 40.6 Å². The van der Waals surface area contributed by atoms with Gasteiger partial charge in [-0.1, -0.05) is 36.9 Å². The van der Waals surface area contributed by atoms with Gasteiger partial charge in [-0.25, -0.2) is 4.98 Å². The van der Waals surface area contributed by atoms with Crippen molar-refractivity contribution in [2.45, 2.75) is 30.1 Å². The van der Waals surface area contributed by atoms with E-state index in [2.05, 4.69) is 22.5 Å². The molecule has 0 fully saturated rings. The molecule has 1 aromatic carbocycles. The maximum atomic E-state index is 12.3. The summed E-state index contributed by atoms with van der Waals surface area (Å²) in [6.45, 7) is 2.07. The number of aromatic nitrogens is 1. The lowest BCUT2D eigenvalue weighted by atomic mass is 9.97. The third kappa shape index (κ3) is 3.92. The van der Waals surface area contributed by atoms with Crippen LogP contribution in [0.2, 0.25) is 0 Å². The van der Waals surface area contributed by atoms with Crippen molar-refractivity contribution in [3.63, 3.8) is 0 Å². The molecule has 1 aliphatic rings. The third-order valence-corrected chi connectivity index (χ3v) is 5.43. The first-order chi connectivity index (χ1) is 11.2. The van der Waals surface area contributed by atoms with E-state index in [1.165, 1.54) is 0 Å². The first-order valence-corrected chi connectivity index (χ1v) is 9.27. The normalized spacial score (nSPS) is 16.6. The molecule has 3 rings (SSSR count). The lowest BCUT2D eigenvalue weighted by Crippen LogP contribution is -2.35. The van der Waals surface area contributed by atoms with E-state index in [1.54, 1.807) is 23.1 Å². The second kappa shape index (κ2) is 7.14. The minimum atomic E-state index is -0.282. The smallest absolute Gasteiger partial charge is 0.226 e. The highest BCUT2D eigenvalue weighted by atomic mass is 32.2. The Hall–Kier alpha value is -1.86. The summed E-state index contributed by atoms with van der Waals surface area (Å²) in [7, 11) is 0. The van der Waals surface area contributed by atoms with Gasteiger partial charge in [0.25, 0.3) is 0 Å². The fraction of sp³-hybridized carbons (Fsp3) is 0.312. The lowest BCUT2D eigenvalue weighted by Gasteiger charge is -2.26. The summed E-state index contributed by atoms with van der Waals surface area (Å²) in [5, 5.41) is 7.70. The quantitative estimate of drug-likeness (QED) is 0.816. The van der Waals surface area contributed by atoms with Crippen LogP contribution in [0.5, 0.6) is 0 Å². The highest BCUT2D eigenvalue weighted by Gasteiger charge is 2.26. The zero-order valence-electron chi connectivity index (χ0n) is 12.7. The van der Waals surface area contributed by atoms with Gasteiger partial charge in [-0.05, 0) is 17.4 Å². The van der Waals surface area contributed by atoms with Gasteiger partial charge < -0.3 is 10.6 Å². The highest BCUT2D eigenvalue weighted by Crippen LogP contribution is 2.30. The van der Waals surface area contributed by atoms with Gasteiger partial charge in [0.2, 0.25) is 11.8 Å². The molecule has 2 heterocycles. The molecule has 0 radical (unpaired) electrons. The van der Waals surface area contributed by atoms with Crippen LogP contribution in [0.15, 0.2) is 34.0 Å². The average molecular weight is 347 g/mol. The number of thioether (sulfide) groups is 1. The molecule has 23 heavy (non-hydrogen) atoms. The van der Waals surface area contributed by atoms with Crippen molar-refractivity contribution in [2.24, 2.45) is 0 Å². The maximum Gasteiger partial charge on any atom is 0.226 e. The Kier molecular flexibility index (Phi) is 4.97. The van der Waals surface area contributed by atoms with Gasteiger partial charge in [-0.3, -0.25) is 9.59 Å². The molecule has 0 saturated carbocycles. The second-order valence-corrected chi connectivity index (χ2v) is 7.54. The molecule has 0 aliphatic carbocycles. The number of fused-ring (bicyclic) bond motifs is 1. The molecule has 0 unspecified atom stereocenters. The van der Waals surface area contributed by atoms with Crippen LogP contribution in [-0.2, 0) is 16.0 Å². The van der Waals surface area contributed by atoms with E-state index < -0.39 is 0 Å². The summed E-state index contributed by atoms with van der Waals surface area (Å²) in [6.07, 6.45) is 0.498. The Morgan fingerprint density at radius 2 is 2.30 bits per heavy atom. The SMILES string of the molecule is CCSc1nc(CC(=O)N[C@H]2CC(=O)Nc3ccccc32)cs1. The van der Waals surface area contributed by atoms with E-state index in [1.807, 2.05) is 29.6 Å². The van der Waals surface area contributed by atoms with Crippen molar-refractivity contribution in [1.82, 2.24) is 10.3 Å². The number of rotatable bonds is 5. The number of carbonyl (C=O) groups excluding carboxylic acids is 2. The largest absolute Gasteiger partial charge is 0.348 e. The Balaban J connectivity index is 1.66. The van der Waals surface area contributed by atoms with Gasteiger partial charge in [-0.15, -0.1) is 11.3 Å². The summed E-state index contributed by atoms with van der Waals surface area (Å²) < 4.78 is 0.984.